The van der Waals surface area contributed by atoms with Crippen LogP contribution in [0.2, 0.25) is 0 Å². The third-order valence-electron chi connectivity index (χ3n) is 3.70. The van der Waals surface area contributed by atoms with E-state index in [2.05, 4.69) is 20.6 Å². The summed E-state index contributed by atoms with van der Waals surface area (Å²) in [4.78, 5) is 2.49. The molecule has 6 heteroatoms. The van der Waals surface area contributed by atoms with Gasteiger partial charge in [0.15, 0.2) is 5.03 Å². The second-order valence-corrected chi connectivity index (χ2v) is 6.65. The molecule has 1 aromatic heterocycles. The molecule has 0 aliphatic carbocycles. The van der Waals surface area contributed by atoms with Crippen LogP contribution in [0.3, 0.4) is 0 Å². The normalized spacial score (nSPS) is 29.9. The summed E-state index contributed by atoms with van der Waals surface area (Å²) in [6.45, 7) is 5.74. The molecule has 18 heavy (non-hydrogen) atoms. The van der Waals surface area contributed by atoms with Gasteiger partial charge in [0.1, 0.15) is 6.10 Å². The third kappa shape index (κ3) is 2.65. The van der Waals surface area contributed by atoms with E-state index in [1.54, 1.807) is 11.8 Å². The summed E-state index contributed by atoms with van der Waals surface area (Å²) >= 11 is 3.05. The highest BCUT2D eigenvalue weighted by atomic mass is 32.2. The number of rotatable bonds is 6. The lowest BCUT2D eigenvalue weighted by Crippen LogP contribution is -2.32. The van der Waals surface area contributed by atoms with Crippen LogP contribution >= 0.6 is 23.5 Å². The van der Waals surface area contributed by atoms with E-state index in [4.69, 9.17) is 4.74 Å². The molecule has 0 amide bonds. The fourth-order valence-electron chi connectivity index (χ4n) is 2.66. The van der Waals surface area contributed by atoms with Gasteiger partial charge in [0.25, 0.3) is 5.88 Å². The summed E-state index contributed by atoms with van der Waals surface area (Å²) in [7, 11) is 0. The Kier molecular flexibility index (Phi) is 4.06. The van der Waals surface area contributed by atoms with Crippen molar-refractivity contribution in [3.8, 4) is 5.88 Å². The Labute approximate surface area is 116 Å². The Hall–Kier alpha value is -0.330. The number of hydrogen-bond acceptors (Lipinski definition) is 6. The van der Waals surface area contributed by atoms with E-state index in [9.17, 15) is 0 Å². The van der Waals surface area contributed by atoms with E-state index in [-0.39, 0.29) is 0 Å². The van der Waals surface area contributed by atoms with Crippen molar-refractivity contribution < 1.29 is 4.74 Å². The molecule has 2 unspecified atom stereocenters. The van der Waals surface area contributed by atoms with Crippen LogP contribution in [0.1, 0.15) is 26.2 Å². The highest BCUT2D eigenvalue weighted by molar-refractivity contribution is 7.99. The molecule has 2 bridgehead atoms. The average Bonchev–Trinajstić information content (AvgIpc) is 3.07. The monoisotopic (exact) mass is 285 g/mol. The zero-order chi connectivity index (χ0) is 12.4. The summed E-state index contributed by atoms with van der Waals surface area (Å²) in [5.41, 5.74) is 0. The van der Waals surface area contributed by atoms with Crippen molar-refractivity contribution in [2.75, 3.05) is 25.4 Å². The van der Waals surface area contributed by atoms with Crippen LogP contribution in [-0.2, 0) is 0 Å². The summed E-state index contributed by atoms with van der Waals surface area (Å²) < 4.78 is 14.7. The summed E-state index contributed by atoms with van der Waals surface area (Å²) in [5, 5.41) is 0.992. The number of aromatic nitrogens is 2. The van der Waals surface area contributed by atoms with Gasteiger partial charge in [-0.25, -0.2) is 0 Å². The minimum Gasteiger partial charge on any atom is -0.470 e. The lowest BCUT2D eigenvalue weighted by atomic mass is 10.0. The van der Waals surface area contributed by atoms with Gasteiger partial charge in [0, 0.05) is 19.0 Å². The Morgan fingerprint density at radius 3 is 3.11 bits per heavy atom. The molecule has 2 aliphatic heterocycles. The SMILES string of the molecule is CCCCSc1nsnc1OC1CN2CC[C@@H]1C2. The number of hydrogen-bond donors (Lipinski definition) is 0. The third-order valence-corrected chi connectivity index (χ3v) is 5.36. The topological polar surface area (TPSA) is 38.3 Å². The molecule has 0 aromatic carbocycles. The number of thioether (sulfide) groups is 1. The van der Waals surface area contributed by atoms with Gasteiger partial charge in [-0.3, -0.25) is 4.90 Å². The largest absolute Gasteiger partial charge is 0.470 e. The van der Waals surface area contributed by atoms with E-state index < -0.39 is 0 Å². The summed E-state index contributed by atoms with van der Waals surface area (Å²) in [6, 6.07) is 0. The van der Waals surface area contributed by atoms with Crippen molar-refractivity contribution >= 4 is 23.5 Å². The fraction of sp³-hybridized carbons (Fsp3) is 0.833. The number of fused-ring (bicyclic) bond motifs is 2. The van der Waals surface area contributed by atoms with Gasteiger partial charge in [-0.1, -0.05) is 25.1 Å². The van der Waals surface area contributed by atoms with Gasteiger partial charge < -0.3 is 4.74 Å². The molecule has 3 atom stereocenters. The molecule has 3 heterocycles. The van der Waals surface area contributed by atoms with Crippen LogP contribution in [0.4, 0.5) is 0 Å². The molecule has 2 aliphatic rings. The number of piperidine rings is 1. The lowest BCUT2D eigenvalue weighted by Gasteiger charge is -2.22. The Morgan fingerprint density at radius 2 is 2.39 bits per heavy atom. The van der Waals surface area contributed by atoms with Crippen LogP contribution < -0.4 is 4.74 Å². The smallest absolute Gasteiger partial charge is 0.260 e. The van der Waals surface area contributed by atoms with Crippen molar-refractivity contribution in [1.82, 2.24) is 13.6 Å². The molecule has 1 aromatic rings. The predicted octanol–water partition coefficient (Wildman–Crippen LogP) is 2.51. The number of unbranched alkanes of at least 4 members (excludes halogenated alkanes) is 1. The first-order chi connectivity index (χ1) is 8.86. The van der Waals surface area contributed by atoms with Crippen molar-refractivity contribution in [2.24, 2.45) is 5.92 Å². The zero-order valence-electron chi connectivity index (χ0n) is 10.7. The van der Waals surface area contributed by atoms with E-state index in [0.29, 0.717) is 12.0 Å². The van der Waals surface area contributed by atoms with Gasteiger partial charge in [-0.05, 0) is 25.1 Å². The van der Waals surface area contributed by atoms with Gasteiger partial charge >= 0.3 is 0 Å². The Balaban J connectivity index is 1.57. The van der Waals surface area contributed by atoms with E-state index in [0.717, 1.165) is 23.2 Å². The maximum atomic E-state index is 6.09. The quantitative estimate of drug-likeness (QED) is 0.593. The lowest BCUT2D eigenvalue weighted by molar-refractivity contribution is 0.133. The minimum atomic E-state index is 0.341. The molecule has 0 saturated carbocycles. The number of nitrogens with zero attached hydrogens (tertiary/aromatic N) is 3. The Bertz CT molecular complexity index is 398. The maximum absolute atomic E-state index is 6.09. The Morgan fingerprint density at radius 1 is 1.44 bits per heavy atom. The molecule has 2 fully saturated rings. The van der Waals surface area contributed by atoms with Crippen LogP contribution in [0.15, 0.2) is 5.03 Å². The first-order valence-electron chi connectivity index (χ1n) is 6.71. The molecule has 0 N–H and O–H groups in total. The van der Waals surface area contributed by atoms with Gasteiger partial charge in [-0.15, -0.1) is 4.37 Å². The van der Waals surface area contributed by atoms with Crippen molar-refractivity contribution in [3.63, 3.8) is 0 Å². The van der Waals surface area contributed by atoms with E-state index >= 15 is 0 Å². The molecule has 100 valence electrons. The summed E-state index contributed by atoms with van der Waals surface area (Å²) in [5.74, 6) is 2.60. The highest BCUT2D eigenvalue weighted by Crippen LogP contribution is 2.34. The highest BCUT2D eigenvalue weighted by Gasteiger charge is 2.40. The van der Waals surface area contributed by atoms with Crippen LogP contribution in [-0.4, -0.2) is 45.1 Å². The van der Waals surface area contributed by atoms with Crippen LogP contribution in [0.5, 0.6) is 5.88 Å². The second kappa shape index (κ2) is 5.75. The molecule has 0 spiro atoms. The molecular weight excluding hydrogens is 266 g/mol. The van der Waals surface area contributed by atoms with Crippen molar-refractivity contribution in [2.45, 2.75) is 37.3 Å². The second-order valence-electron chi connectivity index (χ2n) is 5.04. The molecule has 4 nitrogen and oxygen atoms in total. The standard InChI is InChI=1S/C12H19N3OS2/c1-2-3-6-17-12-11(13-18-14-12)16-10-8-15-5-4-9(10)7-15/h9-10H,2-8H2,1H3/t9-,10?/m1/s1. The van der Waals surface area contributed by atoms with Crippen molar-refractivity contribution in [1.29, 1.82) is 0 Å². The van der Waals surface area contributed by atoms with Gasteiger partial charge in [0.05, 0.1) is 11.7 Å². The van der Waals surface area contributed by atoms with Gasteiger partial charge in [0.2, 0.25) is 0 Å². The van der Waals surface area contributed by atoms with E-state index in [1.165, 1.54) is 44.1 Å². The molecule has 2 saturated heterocycles. The van der Waals surface area contributed by atoms with Crippen LogP contribution in [0, 0.1) is 5.92 Å². The minimum absolute atomic E-state index is 0.341. The fourth-order valence-corrected chi connectivity index (χ4v) is 4.27. The van der Waals surface area contributed by atoms with Crippen LogP contribution in [0.25, 0.3) is 0 Å². The average molecular weight is 285 g/mol. The predicted molar refractivity (Wildman–Crippen MR) is 74.5 cm³/mol. The molecular formula is C12H19N3OS2. The first kappa shape index (κ1) is 12.7. The van der Waals surface area contributed by atoms with E-state index in [1.807, 2.05) is 0 Å². The first-order valence-corrected chi connectivity index (χ1v) is 8.42. The zero-order valence-corrected chi connectivity index (χ0v) is 12.3. The summed E-state index contributed by atoms with van der Waals surface area (Å²) in [6.07, 6.45) is 4.07. The maximum Gasteiger partial charge on any atom is 0.260 e. The van der Waals surface area contributed by atoms with Crippen molar-refractivity contribution in [3.05, 3.63) is 0 Å². The van der Waals surface area contributed by atoms with Gasteiger partial charge in [-0.2, -0.15) is 4.37 Å². The molecule has 0 radical (unpaired) electrons. The number of ether oxygens (including phenoxy) is 1. The molecule has 3 rings (SSSR count).